The molecule has 2 amide bonds. The molecule has 0 aromatic heterocycles. The summed E-state index contributed by atoms with van der Waals surface area (Å²) in [5.41, 5.74) is 2.21. The highest BCUT2D eigenvalue weighted by atomic mass is 35.5. The fraction of sp³-hybridized carbons (Fsp3) is 0.120. The van der Waals surface area contributed by atoms with Crippen molar-refractivity contribution in [1.29, 1.82) is 0 Å². The molecule has 0 aliphatic carbocycles. The van der Waals surface area contributed by atoms with Crippen molar-refractivity contribution in [3.63, 3.8) is 0 Å². The molecule has 6 nitrogen and oxygen atoms in total. The van der Waals surface area contributed by atoms with Crippen LogP contribution in [0.3, 0.4) is 0 Å². The summed E-state index contributed by atoms with van der Waals surface area (Å²) in [6.45, 7) is 0.467. The first-order valence-corrected chi connectivity index (χ1v) is 11.8. The molecular weight excluding hydrogens is 497 g/mol. The number of nitrogens with zero attached hydrogens (tertiary/aromatic N) is 1. The maximum absolute atomic E-state index is 13.0. The summed E-state index contributed by atoms with van der Waals surface area (Å²) in [6.07, 6.45) is 1.68. The molecule has 0 saturated carbocycles. The third-order valence-electron chi connectivity index (χ3n) is 5.25. The second-order valence-electron chi connectivity index (χ2n) is 7.52. The van der Waals surface area contributed by atoms with E-state index in [0.29, 0.717) is 44.4 Å². The number of rotatable bonds is 6. The second kappa shape index (κ2) is 9.62. The Morgan fingerprint density at radius 3 is 2.56 bits per heavy atom. The lowest BCUT2D eigenvalue weighted by Crippen LogP contribution is -2.27. The summed E-state index contributed by atoms with van der Waals surface area (Å²) in [5.74, 6) is 1.32. The largest absolute Gasteiger partial charge is 0.489 e. The SMILES string of the molecule is O=C1S/C(=C\c2cccc(OCc3ccccc3Cl)c2)C(=O)N1Cc1cc2c(cc1Cl)OCO2. The van der Waals surface area contributed by atoms with E-state index in [-0.39, 0.29) is 24.5 Å². The number of amides is 2. The number of carbonyl (C=O) groups excluding carboxylic acids is 2. The van der Waals surface area contributed by atoms with E-state index in [2.05, 4.69) is 0 Å². The van der Waals surface area contributed by atoms with E-state index in [9.17, 15) is 9.59 Å². The zero-order valence-electron chi connectivity index (χ0n) is 17.6. The Hall–Kier alpha value is -3.13. The highest BCUT2D eigenvalue weighted by Gasteiger charge is 2.35. The van der Waals surface area contributed by atoms with Crippen LogP contribution in [0.1, 0.15) is 16.7 Å². The Bertz CT molecular complexity index is 1330. The first-order valence-electron chi connectivity index (χ1n) is 10.3. The van der Waals surface area contributed by atoms with Gasteiger partial charge < -0.3 is 14.2 Å². The average Bonchev–Trinajstić information content (AvgIpc) is 3.38. The molecule has 0 unspecified atom stereocenters. The predicted octanol–water partition coefficient (Wildman–Crippen LogP) is 6.54. The van der Waals surface area contributed by atoms with Gasteiger partial charge in [0.15, 0.2) is 11.5 Å². The minimum Gasteiger partial charge on any atom is -0.489 e. The summed E-state index contributed by atoms with van der Waals surface area (Å²) in [6, 6.07) is 18.1. The van der Waals surface area contributed by atoms with Crippen LogP contribution in [0.4, 0.5) is 4.79 Å². The second-order valence-corrected chi connectivity index (χ2v) is 9.32. The quantitative estimate of drug-likeness (QED) is 0.348. The molecule has 0 N–H and O–H groups in total. The van der Waals surface area contributed by atoms with E-state index in [4.69, 9.17) is 37.4 Å². The standard InChI is InChI=1S/C25H17Cl2NO5S/c26-19-7-2-1-5-16(19)13-31-18-6-3-4-15(8-18)9-23-24(29)28(25(30)34-23)12-17-10-21-22(11-20(17)27)33-14-32-21/h1-11H,12-14H2/b23-9-. The molecule has 0 spiro atoms. The summed E-state index contributed by atoms with van der Waals surface area (Å²) < 4.78 is 16.5. The van der Waals surface area contributed by atoms with Gasteiger partial charge in [-0.1, -0.05) is 53.5 Å². The number of benzene rings is 3. The third kappa shape index (κ3) is 4.73. The maximum Gasteiger partial charge on any atom is 0.293 e. The number of ether oxygens (including phenoxy) is 3. The van der Waals surface area contributed by atoms with Crippen LogP contribution in [0, 0.1) is 0 Å². The zero-order chi connectivity index (χ0) is 23.7. The van der Waals surface area contributed by atoms with Crippen molar-refractivity contribution in [3.8, 4) is 17.2 Å². The molecular formula is C25H17Cl2NO5S. The maximum atomic E-state index is 13.0. The minimum atomic E-state index is -0.383. The third-order valence-corrected chi connectivity index (χ3v) is 6.88. The van der Waals surface area contributed by atoms with Crippen LogP contribution in [0.25, 0.3) is 6.08 Å². The summed E-state index contributed by atoms with van der Waals surface area (Å²) >= 11 is 13.4. The van der Waals surface area contributed by atoms with Gasteiger partial charge in [0.1, 0.15) is 12.4 Å². The molecule has 0 atom stereocenters. The lowest BCUT2D eigenvalue weighted by molar-refractivity contribution is -0.123. The zero-order valence-corrected chi connectivity index (χ0v) is 20.0. The molecule has 1 fully saturated rings. The van der Waals surface area contributed by atoms with Crippen LogP contribution in [0.2, 0.25) is 10.0 Å². The number of fused-ring (bicyclic) bond motifs is 1. The van der Waals surface area contributed by atoms with Crippen LogP contribution in [-0.4, -0.2) is 22.8 Å². The summed E-state index contributed by atoms with van der Waals surface area (Å²) in [5, 5.41) is 0.668. The molecule has 2 aliphatic heterocycles. The average molecular weight is 514 g/mol. The van der Waals surface area contributed by atoms with Crippen molar-refractivity contribution in [1.82, 2.24) is 4.90 Å². The van der Waals surface area contributed by atoms with Gasteiger partial charge in [0.2, 0.25) is 6.79 Å². The molecule has 5 rings (SSSR count). The lowest BCUT2D eigenvalue weighted by Gasteiger charge is -2.14. The van der Waals surface area contributed by atoms with Crippen LogP contribution in [0.5, 0.6) is 17.2 Å². The molecule has 2 heterocycles. The smallest absolute Gasteiger partial charge is 0.293 e. The van der Waals surface area contributed by atoms with Crippen LogP contribution in [0.15, 0.2) is 65.6 Å². The topological polar surface area (TPSA) is 65.1 Å². The summed E-state index contributed by atoms with van der Waals surface area (Å²) in [4.78, 5) is 27.0. The van der Waals surface area contributed by atoms with E-state index in [1.54, 1.807) is 24.3 Å². The van der Waals surface area contributed by atoms with Crippen LogP contribution < -0.4 is 14.2 Å². The Morgan fingerprint density at radius 2 is 1.74 bits per heavy atom. The number of imide groups is 1. The highest BCUT2D eigenvalue weighted by molar-refractivity contribution is 8.18. The summed E-state index contributed by atoms with van der Waals surface area (Å²) in [7, 11) is 0. The van der Waals surface area contributed by atoms with E-state index in [0.717, 1.165) is 27.8 Å². The van der Waals surface area contributed by atoms with Gasteiger partial charge in [-0.05, 0) is 53.2 Å². The Labute approximate surface area is 210 Å². The molecule has 9 heteroatoms. The lowest BCUT2D eigenvalue weighted by atomic mass is 10.1. The first-order chi connectivity index (χ1) is 16.5. The fourth-order valence-corrected chi connectivity index (χ4v) is 4.75. The van der Waals surface area contributed by atoms with Gasteiger partial charge in [-0.15, -0.1) is 0 Å². The van der Waals surface area contributed by atoms with E-state index in [1.807, 2.05) is 42.5 Å². The van der Waals surface area contributed by atoms with Gasteiger partial charge in [-0.25, -0.2) is 0 Å². The number of hydrogen-bond acceptors (Lipinski definition) is 6. The molecule has 0 bridgehead atoms. The molecule has 2 aliphatic rings. The van der Waals surface area contributed by atoms with Crippen molar-refractivity contribution in [2.75, 3.05) is 6.79 Å². The first kappa shape index (κ1) is 22.7. The minimum absolute atomic E-state index is 0.0401. The number of thioether (sulfide) groups is 1. The Morgan fingerprint density at radius 1 is 0.941 bits per heavy atom. The Balaban J connectivity index is 1.30. The van der Waals surface area contributed by atoms with Gasteiger partial charge in [-0.2, -0.15) is 0 Å². The van der Waals surface area contributed by atoms with Crippen molar-refractivity contribution < 1.29 is 23.8 Å². The molecule has 172 valence electrons. The monoisotopic (exact) mass is 513 g/mol. The number of carbonyl (C=O) groups is 2. The van der Waals surface area contributed by atoms with Gasteiger partial charge in [0.05, 0.1) is 11.4 Å². The van der Waals surface area contributed by atoms with E-state index >= 15 is 0 Å². The molecule has 1 saturated heterocycles. The molecule has 34 heavy (non-hydrogen) atoms. The van der Waals surface area contributed by atoms with Crippen molar-refractivity contribution >= 4 is 52.2 Å². The Kier molecular flexibility index (Phi) is 6.41. The van der Waals surface area contributed by atoms with Crippen molar-refractivity contribution in [3.05, 3.63) is 92.3 Å². The molecule has 3 aromatic carbocycles. The highest BCUT2D eigenvalue weighted by Crippen LogP contribution is 2.39. The molecule has 0 radical (unpaired) electrons. The fourth-order valence-electron chi connectivity index (χ4n) is 3.51. The van der Waals surface area contributed by atoms with Crippen LogP contribution in [-0.2, 0) is 17.9 Å². The van der Waals surface area contributed by atoms with Gasteiger partial charge in [-0.3, -0.25) is 14.5 Å². The van der Waals surface area contributed by atoms with Crippen LogP contribution >= 0.6 is 35.0 Å². The van der Waals surface area contributed by atoms with Gasteiger partial charge >= 0.3 is 0 Å². The normalized spacial score (nSPS) is 15.9. The number of hydrogen-bond donors (Lipinski definition) is 0. The number of halogens is 2. The van der Waals surface area contributed by atoms with Gasteiger partial charge in [0.25, 0.3) is 11.1 Å². The molecule has 3 aromatic rings. The predicted molar refractivity (Wildman–Crippen MR) is 131 cm³/mol. The van der Waals surface area contributed by atoms with E-state index in [1.165, 1.54) is 0 Å². The van der Waals surface area contributed by atoms with Crippen molar-refractivity contribution in [2.45, 2.75) is 13.2 Å². The van der Waals surface area contributed by atoms with Gasteiger partial charge in [0, 0.05) is 21.7 Å². The van der Waals surface area contributed by atoms with E-state index < -0.39 is 0 Å². The van der Waals surface area contributed by atoms with Crippen molar-refractivity contribution in [2.24, 2.45) is 0 Å².